The molecule has 0 saturated heterocycles. The lowest BCUT2D eigenvalue weighted by Crippen LogP contribution is -2.20. The van der Waals surface area contributed by atoms with Crippen molar-refractivity contribution in [2.45, 2.75) is 13.5 Å². The maximum atomic E-state index is 12.2. The van der Waals surface area contributed by atoms with E-state index in [2.05, 4.69) is 10.3 Å². The van der Waals surface area contributed by atoms with Crippen LogP contribution in [0.25, 0.3) is 5.65 Å². The zero-order valence-electron chi connectivity index (χ0n) is 16.5. The number of nitrogens with one attached hydrogen (secondary N) is 1. The fourth-order valence-corrected chi connectivity index (χ4v) is 3.06. The van der Waals surface area contributed by atoms with E-state index >= 15 is 0 Å². The number of para-hydroxylation sites is 1. The zero-order valence-corrected chi connectivity index (χ0v) is 17.3. The van der Waals surface area contributed by atoms with Crippen LogP contribution in [-0.2, 0) is 11.4 Å². The molecule has 0 unspecified atom stereocenters. The second kappa shape index (κ2) is 8.93. The predicted octanol–water partition coefficient (Wildman–Crippen LogP) is 3.85. The summed E-state index contributed by atoms with van der Waals surface area (Å²) in [6.45, 7) is 1.64. The van der Waals surface area contributed by atoms with Gasteiger partial charge in [0.15, 0.2) is 12.3 Å². The van der Waals surface area contributed by atoms with Crippen LogP contribution in [0.3, 0.4) is 0 Å². The molecule has 0 atom stereocenters. The highest BCUT2D eigenvalue weighted by atomic mass is 35.5. The lowest BCUT2D eigenvalue weighted by molar-refractivity contribution is -0.118. The molecule has 9 heteroatoms. The van der Waals surface area contributed by atoms with Crippen LogP contribution in [0.5, 0.6) is 11.5 Å². The summed E-state index contributed by atoms with van der Waals surface area (Å²) in [5, 5.41) is 3.17. The number of halogens is 1. The minimum Gasteiger partial charge on any atom is -0.487 e. The predicted molar refractivity (Wildman–Crippen MR) is 115 cm³/mol. The van der Waals surface area contributed by atoms with Gasteiger partial charge >= 0.3 is 0 Å². The minimum atomic E-state index is -0.340. The number of aromatic nitrogens is 2. The average molecular weight is 440 g/mol. The van der Waals surface area contributed by atoms with Crippen molar-refractivity contribution in [1.29, 1.82) is 0 Å². The molecule has 31 heavy (non-hydrogen) atoms. The van der Waals surface area contributed by atoms with E-state index in [0.717, 1.165) is 4.57 Å². The highest BCUT2D eigenvalue weighted by molar-refractivity contribution is 6.32. The van der Waals surface area contributed by atoms with Gasteiger partial charge in [-0.2, -0.15) is 0 Å². The molecule has 0 spiro atoms. The van der Waals surface area contributed by atoms with Gasteiger partial charge in [-0.1, -0.05) is 29.8 Å². The largest absolute Gasteiger partial charge is 0.487 e. The van der Waals surface area contributed by atoms with Crippen LogP contribution >= 0.6 is 11.6 Å². The Hall–Kier alpha value is -3.78. The standard InChI is InChI=1S/C22H18ClN3O5/c1-14-9-20-24-16(11-22(28)26(20)31-14)12-29-17-6-4-5-15(10-17)25-21(27)13-30-19-8-3-2-7-18(19)23/h2-11H,12-13H2,1H3,(H,25,27). The quantitative estimate of drug-likeness (QED) is 0.470. The molecular formula is C22H18ClN3O5. The number of carbonyl (C=O) groups is 1. The van der Waals surface area contributed by atoms with Gasteiger partial charge in [-0.05, 0) is 31.2 Å². The Morgan fingerprint density at radius 3 is 2.81 bits per heavy atom. The molecule has 0 aliphatic heterocycles. The van der Waals surface area contributed by atoms with Crippen molar-refractivity contribution in [1.82, 2.24) is 9.56 Å². The number of amides is 1. The van der Waals surface area contributed by atoms with Gasteiger partial charge in [0.2, 0.25) is 0 Å². The van der Waals surface area contributed by atoms with E-state index in [1.807, 2.05) is 0 Å². The third-order valence-corrected chi connectivity index (χ3v) is 4.54. The second-order valence-corrected chi connectivity index (χ2v) is 7.08. The maximum absolute atomic E-state index is 12.2. The van der Waals surface area contributed by atoms with Crippen molar-refractivity contribution in [2.24, 2.45) is 0 Å². The Morgan fingerprint density at radius 2 is 1.97 bits per heavy atom. The molecule has 0 radical (unpaired) electrons. The molecule has 1 amide bonds. The van der Waals surface area contributed by atoms with Gasteiger partial charge < -0.3 is 19.3 Å². The molecule has 0 bridgehead atoms. The summed E-state index contributed by atoms with van der Waals surface area (Å²) in [5.41, 5.74) is 1.10. The van der Waals surface area contributed by atoms with E-state index in [4.69, 9.17) is 25.6 Å². The number of hydrogen-bond donors (Lipinski definition) is 1. The molecule has 8 nitrogen and oxygen atoms in total. The van der Waals surface area contributed by atoms with Crippen LogP contribution in [0.2, 0.25) is 5.02 Å². The van der Waals surface area contributed by atoms with Gasteiger partial charge in [0.1, 0.15) is 23.9 Å². The van der Waals surface area contributed by atoms with E-state index < -0.39 is 0 Å². The van der Waals surface area contributed by atoms with Gasteiger partial charge in [-0.25, -0.2) is 4.98 Å². The molecule has 0 aliphatic rings. The van der Waals surface area contributed by atoms with E-state index in [1.54, 1.807) is 61.5 Å². The number of ether oxygens (including phenoxy) is 2. The topological polar surface area (TPSA) is 95.1 Å². The van der Waals surface area contributed by atoms with Crippen molar-refractivity contribution in [2.75, 3.05) is 11.9 Å². The summed E-state index contributed by atoms with van der Waals surface area (Å²) in [7, 11) is 0. The summed E-state index contributed by atoms with van der Waals surface area (Å²) >= 11 is 6.01. The first-order chi connectivity index (χ1) is 15.0. The normalized spacial score (nSPS) is 10.8. The molecule has 0 saturated carbocycles. The first-order valence-electron chi connectivity index (χ1n) is 9.37. The van der Waals surface area contributed by atoms with Crippen LogP contribution in [0.4, 0.5) is 5.69 Å². The fraction of sp³-hybridized carbons (Fsp3) is 0.136. The number of benzene rings is 2. The summed E-state index contributed by atoms with van der Waals surface area (Å²) in [4.78, 5) is 28.6. The van der Waals surface area contributed by atoms with Crippen molar-refractivity contribution in [3.63, 3.8) is 0 Å². The molecule has 4 aromatic rings. The van der Waals surface area contributed by atoms with Crippen molar-refractivity contribution in [3.8, 4) is 11.5 Å². The monoisotopic (exact) mass is 439 g/mol. The highest BCUT2D eigenvalue weighted by Crippen LogP contribution is 2.23. The molecule has 158 valence electrons. The molecule has 0 aliphatic carbocycles. The third-order valence-electron chi connectivity index (χ3n) is 4.22. The number of carbonyl (C=O) groups excluding carboxylic acids is 1. The van der Waals surface area contributed by atoms with Crippen LogP contribution in [-0.4, -0.2) is 22.1 Å². The Morgan fingerprint density at radius 1 is 1.13 bits per heavy atom. The molecule has 2 aromatic heterocycles. The number of anilines is 1. The van der Waals surface area contributed by atoms with Gasteiger partial charge in [0.05, 0.1) is 10.7 Å². The Bertz CT molecular complexity index is 1300. The van der Waals surface area contributed by atoms with Crippen LogP contribution < -0.4 is 20.3 Å². The molecule has 1 N–H and O–H groups in total. The fourth-order valence-electron chi connectivity index (χ4n) is 2.87. The first-order valence-corrected chi connectivity index (χ1v) is 9.75. The van der Waals surface area contributed by atoms with Gasteiger partial charge in [-0.15, -0.1) is 4.57 Å². The minimum absolute atomic E-state index is 0.0863. The van der Waals surface area contributed by atoms with Gasteiger partial charge in [0, 0.05) is 23.9 Å². The molecule has 4 rings (SSSR count). The second-order valence-electron chi connectivity index (χ2n) is 6.67. The number of fused-ring (bicyclic) bond motifs is 1. The Labute approximate surface area is 182 Å². The van der Waals surface area contributed by atoms with E-state index in [1.165, 1.54) is 6.07 Å². The van der Waals surface area contributed by atoms with E-state index in [0.29, 0.717) is 39.3 Å². The molecule has 0 fully saturated rings. The van der Waals surface area contributed by atoms with Gasteiger partial charge in [-0.3, -0.25) is 9.59 Å². The first kappa shape index (κ1) is 20.5. The number of hydrogen-bond acceptors (Lipinski definition) is 6. The van der Waals surface area contributed by atoms with Crippen molar-refractivity contribution < 1.29 is 18.8 Å². The Balaban J connectivity index is 1.36. The van der Waals surface area contributed by atoms with Gasteiger partial charge in [0.25, 0.3) is 11.5 Å². The number of rotatable bonds is 7. The zero-order chi connectivity index (χ0) is 21.8. The Kier molecular flexibility index (Phi) is 5.90. The van der Waals surface area contributed by atoms with Crippen LogP contribution in [0.1, 0.15) is 11.5 Å². The number of nitrogens with zero attached hydrogens (tertiary/aromatic N) is 2. The SMILES string of the molecule is Cc1cc2nc(COc3cccc(NC(=O)COc4ccccc4Cl)c3)cc(=O)n2o1. The average Bonchev–Trinajstić information content (AvgIpc) is 3.13. The van der Waals surface area contributed by atoms with E-state index in [9.17, 15) is 9.59 Å². The summed E-state index contributed by atoms with van der Waals surface area (Å²) in [6, 6.07) is 16.8. The van der Waals surface area contributed by atoms with Crippen molar-refractivity contribution in [3.05, 3.63) is 87.5 Å². The highest BCUT2D eigenvalue weighted by Gasteiger charge is 2.09. The van der Waals surface area contributed by atoms with E-state index in [-0.39, 0.29) is 24.7 Å². The van der Waals surface area contributed by atoms with Crippen LogP contribution in [0, 0.1) is 6.92 Å². The third kappa shape index (κ3) is 5.04. The molecule has 2 aromatic carbocycles. The lowest BCUT2D eigenvalue weighted by atomic mass is 10.3. The summed E-state index contributed by atoms with van der Waals surface area (Å²) < 4.78 is 17.6. The summed E-state index contributed by atoms with van der Waals surface area (Å²) in [6.07, 6.45) is 0. The smallest absolute Gasteiger partial charge is 0.287 e. The lowest BCUT2D eigenvalue weighted by Gasteiger charge is -2.10. The van der Waals surface area contributed by atoms with Crippen LogP contribution in [0.15, 0.2) is 70.0 Å². The van der Waals surface area contributed by atoms with Crippen molar-refractivity contribution >= 4 is 28.8 Å². The summed E-state index contributed by atoms with van der Waals surface area (Å²) in [5.74, 6) is 1.19. The number of aryl methyl sites for hydroxylation is 1. The molecule has 2 heterocycles. The molecular weight excluding hydrogens is 422 g/mol. The maximum Gasteiger partial charge on any atom is 0.287 e.